The van der Waals surface area contributed by atoms with Crippen LogP contribution in [0.15, 0.2) is 30.3 Å². The van der Waals surface area contributed by atoms with Crippen molar-refractivity contribution in [2.75, 3.05) is 38.7 Å². The Balaban J connectivity index is 2.06. The summed E-state index contributed by atoms with van der Waals surface area (Å²) in [6, 6.07) is 6.61. The summed E-state index contributed by atoms with van der Waals surface area (Å²) in [6.07, 6.45) is -4.57. The van der Waals surface area contributed by atoms with E-state index in [0.717, 1.165) is 17.5 Å². The van der Waals surface area contributed by atoms with Crippen molar-refractivity contribution in [1.29, 1.82) is 0 Å². The Morgan fingerprint density at radius 1 is 1.16 bits per heavy atom. The number of hydrogen-bond acceptors (Lipinski definition) is 4. The average molecular weight is 439 g/mol. The second-order valence-electron chi connectivity index (χ2n) is 7.25. The highest BCUT2D eigenvalue weighted by Crippen LogP contribution is 2.34. The Labute approximate surface area is 180 Å². The van der Waals surface area contributed by atoms with Crippen molar-refractivity contribution >= 4 is 17.4 Å². The molecule has 1 heterocycles. The maximum Gasteiger partial charge on any atom is 0.418 e. The van der Waals surface area contributed by atoms with Gasteiger partial charge in [0.1, 0.15) is 0 Å². The summed E-state index contributed by atoms with van der Waals surface area (Å²) in [5.74, 6) is -0.765. The number of nitrogens with zero attached hydrogens (tertiary/aromatic N) is 2. The summed E-state index contributed by atoms with van der Waals surface area (Å²) in [4.78, 5) is 26.8. The minimum atomic E-state index is -4.57. The summed E-state index contributed by atoms with van der Waals surface area (Å²) >= 11 is 0. The van der Waals surface area contributed by atoms with Crippen LogP contribution in [-0.4, -0.2) is 54.5 Å². The number of carbonyl (C=O) groups excluding carboxylic acids is 2. The van der Waals surface area contributed by atoms with Gasteiger partial charge in [0.05, 0.1) is 30.9 Å². The number of benzene rings is 1. The molecule has 31 heavy (non-hydrogen) atoms. The smallest absolute Gasteiger partial charge is 0.383 e. The molecular weight excluding hydrogens is 411 g/mol. The first kappa shape index (κ1) is 24.6. The molecule has 0 fully saturated rings. The second-order valence-corrected chi connectivity index (χ2v) is 7.25. The normalized spacial score (nSPS) is 11.7. The number of Topliss-reactive ketones (excluding diaryl/α,β-unsaturated/α-hetero) is 1. The molecule has 0 aliphatic heterocycles. The maximum atomic E-state index is 13.1. The predicted molar refractivity (Wildman–Crippen MR) is 112 cm³/mol. The molecule has 2 rings (SSSR count). The third kappa shape index (κ3) is 6.41. The number of para-hydroxylation sites is 1. The third-order valence-corrected chi connectivity index (χ3v) is 5.08. The molecule has 0 aliphatic rings. The van der Waals surface area contributed by atoms with E-state index >= 15 is 0 Å². The lowest BCUT2D eigenvalue weighted by molar-refractivity contribution is -0.137. The van der Waals surface area contributed by atoms with Crippen molar-refractivity contribution < 1.29 is 27.5 Å². The Hall–Kier alpha value is -2.65. The second kappa shape index (κ2) is 10.6. The number of aromatic nitrogens is 1. The number of alkyl halides is 3. The number of anilines is 1. The van der Waals surface area contributed by atoms with Crippen LogP contribution < -0.4 is 5.32 Å². The zero-order chi connectivity index (χ0) is 23.2. The molecule has 1 amide bonds. The number of aryl methyl sites for hydroxylation is 1. The van der Waals surface area contributed by atoms with Gasteiger partial charge in [-0.25, -0.2) is 0 Å². The van der Waals surface area contributed by atoms with Crippen LogP contribution in [0.25, 0.3) is 0 Å². The molecule has 1 N–H and O–H groups in total. The zero-order valence-corrected chi connectivity index (χ0v) is 18.2. The highest BCUT2D eigenvalue weighted by Gasteiger charge is 2.33. The number of amides is 1. The van der Waals surface area contributed by atoms with Gasteiger partial charge in [0, 0.05) is 30.6 Å². The summed E-state index contributed by atoms with van der Waals surface area (Å²) < 4.78 is 46.5. The van der Waals surface area contributed by atoms with Gasteiger partial charge in [-0.2, -0.15) is 13.2 Å². The minimum absolute atomic E-state index is 0.0145. The molecule has 0 spiro atoms. The van der Waals surface area contributed by atoms with Crippen molar-refractivity contribution in [1.82, 2.24) is 9.47 Å². The van der Waals surface area contributed by atoms with Gasteiger partial charge in [-0.1, -0.05) is 19.1 Å². The van der Waals surface area contributed by atoms with Gasteiger partial charge in [-0.05, 0) is 38.6 Å². The standard InChI is InChI=1S/C22H28F3N3O3/c1-5-27(13-20(29)17-12-15(2)28(16(17)3)10-11-31-4)14-21(30)26-19-9-7-6-8-18(19)22(23,24)25/h6-9,12H,5,10-11,13-14H2,1-4H3,(H,26,30). The molecule has 0 saturated heterocycles. The zero-order valence-electron chi connectivity index (χ0n) is 18.2. The van der Waals surface area contributed by atoms with E-state index in [1.807, 2.05) is 18.4 Å². The van der Waals surface area contributed by atoms with E-state index in [-0.39, 0.29) is 24.6 Å². The molecule has 170 valence electrons. The monoisotopic (exact) mass is 439 g/mol. The van der Waals surface area contributed by atoms with Gasteiger partial charge < -0.3 is 14.6 Å². The van der Waals surface area contributed by atoms with Gasteiger partial charge >= 0.3 is 6.18 Å². The Bertz CT molecular complexity index is 922. The molecule has 0 saturated carbocycles. The number of likely N-dealkylation sites (N-methyl/N-ethyl adjacent to an activating group) is 1. The van der Waals surface area contributed by atoms with E-state index in [9.17, 15) is 22.8 Å². The van der Waals surface area contributed by atoms with Crippen molar-refractivity contribution in [2.24, 2.45) is 0 Å². The lowest BCUT2D eigenvalue weighted by Gasteiger charge is -2.20. The Kier molecular flexibility index (Phi) is 8.41. The Morgan fingerprint density at radius 3 is 2.45 bits per heavy atom. The molecular formula is C22H28F3N3O3. The average Bonchev–Trinajstić information content (AvgIpc) is 2.99. The number of nitrogens with one attached hydrogen (secondary N) is 1. The highest BCUT2D eigenvalue weighted by molar-refractivity contribution is 5.99. The molecule has 0 bridgehead atoms. The van der Waals surface area contributed by atoms with Crippen molar-refractivity contribution in [3.05, 3.63) is 52.8 Å². The molecule has 1 aromatic carbocycles. The van der Waals surface area contributed by atoms with Crippen molar-refractivity contribution in [3.8, 4) is 0 Å². The number of halogens is 3. The predicted octanol–water partition coefficient (Wildman–Crippen LogP) is 3.91. The molecule has 0 unspecified atom stereocenters. The molecule has 2 aromatic rings. The number of hydrogen-bond donors (Lipinski definition) is 1. The van der Waals surface area contributed by atoms with E-state index in [2.05, 4.69) is 5.32 Å². The summed E-state index contributed by atoms with van der Waals surface area (Å²) in [5.41, 5.74) is 1.10. The SMILES string of the molecule is CCN(CC(=O)Nc1ccccc1C(F)(F)F)CC(=O)c1cc(C)n(CCOC)c1C. The lowest BCUT2D eigenvalue weighted by Crippen LogP contribution is -2.37. The number of methoxy groups -OCH3 is 1. The van der Waals surface area contributed by atoms with Crippen LogP contribution in [-0.2, 0) is 22.3 Å². The van der Waals surface area contributed by atoms with Gasteiger partial charge in [0.2, 0.25) is 5.91 Å². The van der Waals surface area contributed by atoms with Gasteiger partial charge in [-0.3, -0.25) is 14.5 Å². The van der Waals surface area contributed by atoms with Crippen LogP contribution in [0.4, 0.5) is 18.9 Å². The lowest BCUT2D eigenvalue weighted by atomic mass is 10.1. The van der Waals surface area contributed by atoms with Crippen LogP contribution in [0.5, 0.6) is 0 Å². The molecule has 6 nitrogen and oxygen atoms in total. The topological polar surface area (TPSA) is 63.6 Å². The summed E-state index contributed by atoms with van der Waals surface area (Å²) in [5, 5.41) is 2.31. The molecule has 9 heteroatoms. The molecule has 0 aliphatic carbocycles. The van der Waals surface area contributed by atoms with Gasteiger partial charge in [0.25, 0.3) is 0 Å². The van der Waals surface area contributed by atoms with E-state index in [4.69, 9.17) is 4.74 Å². The largest absolute Gasteiger partial charge is 0.418 e. The molecule has 1 aromatic heterocycles. The Morgan fingerprint density at radius 2 is 1.84 bits per heavy atom. The van der Waals surface area contributed by atoms with Gasteiger partial charge in [-0.15, -0.1) is 0 Å². The first-order valence-electron chi connectivity index (χ1n) is 9.95. The first-order chi connectivity index (χ1) is 14.6. The number of ketones is 1. The van der Waals surface area contributed by atoms with Crippen LogP contribution in [0.3, 0.4) is 0 Å². The van der Waals surface area contributed by atoms with Gasteiger partial charge in [0.15, 0.2) is 5.78 Å². The summed E-state index contributed by atoms with van der Waals surface area (Å²) in [7, 11) is 1.61. The van der Waals surface area contributed by atoms with Crippen molar-refractivity contribution in [3.63, 3.8) is 0 Å². The highest BCUT2D eigenvalue weighted by atomic mass is 19.4. The van der Waals surface area contributed by atoms with Crippen LogP contribution >= 0.6 is 0 Å². The third-order valence-electron chi connectivity index (χ3n) is 5.08. The fraction of sp³-hybridized carbons (Fsp3) is 0.455. The van der Waals surface area contributed by atoms with E-state index in [1.165, 1.54) is 18.2 Å². The number of rotatable bonds is 10. The van der Waals surface area contributed by atoms with Crippen LogP contribution in [0.1, 0.15) is 34.2 Å². The fourth-order valence-corrected chi connectivity index (χ4v) is 3.41. The van der Waals surface area contributed by atoms with E-state index < -0.39 is 17.6 Å². The fourth-order valence-electron chi connectivity index (χ4n) is 3.41. The van der Waals surface area contributed by atoms with E-state index in [0.29, 0.717) is 25.3 Å². The molecule has 0 radical (unpaired) electrons. The first-order valence-corrected chi connectivity index (χ1v) is 9.95. The van der Waals surface area contributed by atoms with Crippen LogP contribution in [0.2, 0.25) is 0 Å². The quantitative estimate of drug-likeness (QED) is 0.570. The number of ether oxygens (including phenoxy) is 1. The molecule has 0 atom stereocenters. The minimum Gasteiger partial charge on any atom is -0.383 e. The summed E-state index contributed by atoms with van der Waals surface area (Å²) in [6.45, 7) is 6.87. The maximum absolute atomic E-state index is 13.1. The van der Waals surface area contributed by atoms with Crippen LogP contribution in [0, 0.1) is 13.8 Å². The van der Waals surface area contributed by atoms with Crippen molar-refractivity contribution in [2.45, 2.75) is 33.5 Å². The van der Waals surface area contributed by atoms with E-state index in [1.54, 1.807) is 25.0 Å². The number of carbonyl (C=O) groups is 2.